The Kier molecular flexibility index (Phi) is 7.20. The molecular weight excluding hydrogens is 449 g/mol. The van der Waals surface area contributed by atoms with Crippen molar-refractivity contribution in [3.63, 3.8) is 0 Å². The minimum absolute atomic E-state index is 0.678. The van der Waals surface area contributed by atoms with Crippen molar-refractivity contribution in [2.24, 2.45) is 0 Å². The second kappa shape index (κ2) is 9.55. The number of thiocarbonyl (C=S) groups is 1. The number of benzene rings is 3. The molecule has 3 aromatic rings. The monoisotopic (exact) mass is 474 g/mol. The third-order valence-corrected chi connectivity index (χ3v) is 7.17. The molecule has 0 heterocycles. The van der Waals surface area contributed by atoms with Crippen molar-refractivity contribution in [3.05, 3.63) is 89.5 Å². The first-order valence-electron chi connectivity index (χ1n) is 9.95. The summed E-state index contributed by atoms with van der Waals surface area (Å²) in [7, 11) is 7.85. The van der Waals surface area contributed by atoms with Gasteiger partial charge in [0.15, 0.2) is 0 Å². The maximum Gasteiger partial charge on any atom is 0.416 e. The van der Waals surface area contributed by atoms with E-state index in [0.717, 1.165) is 34.0 Å². The van der Waals surface area contributed by atoms with E-state index in [1.54, 1.807) is 5.37 Å². The van der Waals surface area contributed by atoms with E-state index in [4.69, 9.17) is 12.2 Å². The van der Waals surface area contributed by atoms with Crippen molar-refractivity contribution in [1.82, 2.24) is 0 Å². The summed E-state index contributed by atoms with van der Waals surface area (Å²) < 4.78 is 38.6. The maximum absolute atomic E-state index is 13.1. The number of alkyl halides is 3. The van der Waals surface area contributed by atoms with Crippen LogP contribution < -0.4 is 9.80 Å². The van der Waals surface area contributed by atoms with Crippen molar-refractivity contribution in [2.75, 3.05) is 38.0 Å². The molecule has 7 heteroatoms. The van der Waals surface area contributed by atoms with E-state index in [0.29, 0.717) is 5.56 Å². The van der Waals surface area contributed by atoms with E-state index < -0.39 is 16.5 Å². The zero-order valence-electron chi connectivity index (χ0n) is 18.4. The molecule has 0 aromatic heterocycles. The highest BCUT2D eigenvalue weighted by Crippen LogP contribution is 2.47. The van der Waals surface area contributed by atoms with Gasteiger partial charge in [0.2, 0.25) is 0 Å². The third-order valence-electron chi connectivity index (χ3n) is 5.25. The highest BCUT2D eigenvalue weighted by atomic mass is 32.2. The first-order chi connectivity index (χ1) is 15.1. The van der Waals surface area contributed by atoms with Gasteiger partial charge in [0.25, 0.3) is 0 Å². The number of halogens is 3. The topological polar surface area (TPSA) is 6.48 Å². The summed E-state index contributed by atoms with van der Waals surface area (Å²) in [4.78, 5) is 4.97. The van der Waals surface area contributed by atoms with Crippen LogP contribution in [0.1, 0.15) is 16.7 Å². The molecule has 1 unspecified atom stereocenters. The number of hydrogen-bond acceptors (Lipinski definition) is 4. The number of rotatable bonds is 7. The normalized spacial score (nSPS) is 13.3. The summed E-state index contributed by atoms with van der Waals surface area (Å²) in [6.45, 7) is 0. The maximum atomic E-state index is 13.1. The van der Waals surface area contributed by atoms with Crippen LogP contribution in [-0.4, -0.2) is 33.6 Å². The van der Waals surface area contributed by atoms with Crippen LogP contribution in [-0.2, 0) is 10.9 Å². The van der Waals surface area contributed by atoms with Gasteiger partial charge in [0.05, 0.1) is 10.3 Å². The predicted octanol–water partition coefficient (Wildman–Crippen LogP) is 6.87. The third kappa shape index (κ3) is 5.10. The Labute approximate surface area is 197 Å². The molecular formula is C25H25F3N2S2. The van der Waals surface area contributed by atoms with Crippen LogP contribution >= 0.6 is 24.0 Å². The Bertz CT molecular complexity index is 1040. The Balaban J connectivity index is 2.11. The Hall–Kier alpha value is -2.51. The lowest BCUT2D eigenvalue weighted by Crippen LogP contribution is -2.25. The minimum Gasteiger partial charge on any atom is -0.378 e. The van der Waals surface area contributed by atoms with Crippen molar-refractivity contribution < 1.29 is 13.2 Å². The molecule has 2 nitrogen and oxygen atoms in total. The lowest BCUT2D eigenvalue weighted by Gasteiger charge is -2.31. The zero-order valence-corrected chi connectivity index (χ0v) is 20.0. The molecule has 168 valence electrons. The SMILES string of the molecule is CN(C)c1ccc(SC(C=S)(c2ccc(N(C)C)cc2)c2ccc(C(F)(F)F)cc2)cc1. The van der Waals surface area contributed by atoms with E-state index in [1.807, 2.05) is 86.5 Å². The summed E-state index contributed by atoms with van der Waals surface area (Å²) in [5.41, 5.74) is 3.01. The second-order valence-electron chi connectivity index (χ2n) is 7.86. The number of anilines is 2. The minimum atomic E-state index is -4.39. The molecule has 0 fully saturated rings. The molecule has 32 heavy (non-hydrogen) atoms. The molecule has 0 radical (unpaired) electrons. The van der Waals surface area contributed by atoms with Crippen molar-refractivity contribution >= 4 is 40.7 Å². The van der Waals surface area contributed by atoms with E-state index in [-0.39, 0.29) is 0 Å². The average Bonchev–Trinajstić information content (AvgIpc) is 2.77. The summed E-state index contributed by atoms with van der Waals surface area (Å²) in [6.07, 6.45) is -4.39. The second-order valence-corrected chi connectivity index (χ2v) is 9.42. The molecule has 0 aliphatic carbocycles. The smallest absolute Gasteiger partial charge is 0.378 e. The molecule has 3 aromatic carbocycles. The van der Waals surface area contributed by atoms with Gasteiger partial charge in [-0.25, -0.2) is 0 Å². The molecule has 0 aliphatic rings. The summed E-state index contributed by atoms with van der Waals surface area (Å²) in [5.74, 6) is 0. The largest absolute Gasteiger partial charge is 0.416 e. The highest BCUT2D eigenvalue weighted by molar-refractivity contribution is 8.02. The van der Waals surface area contributed by atoms with Crippen molar-refractivity contribution in [2.45, 2.75) is 15.8 Å². The summed E-state index contributed by atoms with van der Waals surface area (Å²) in [5, 5.41) is 1.64. The lowest BCUT2D eigenvalue weighted by atomic mass is 9.91. The van der Waals surface area contributed by atoms with Crippen LogP contribution in [0.15, 0.2) is 77.7 Å². The Morgan fingerprint density at radius 1 is 0.656 bits per heavy atom. The van der Waals surface area contributed by atoms with Crippen LogP contribution in [0.4, 0.5) is 24.5 Å². The first kappa shape index (κ1) is 24.1. The Morgan fingerprint density at radius 3 is 1.41 bits per heavy atom. The van der Waals surface area contributed by atoms with Gasteiger partial charge in [-0.15, -0.1) is 11.8 Å². The molecule has 0 aliphatic heterocycles. The van der Waals surface area contributed by atoms with Gasteiger partial charge in [0, 0.05) is 49.8 Å². The van der Waals surface area contributed by atoms with Crippen LogP contribution in [0.5, 0.6) is 0 Å². The van der Waals surface area contributed by atoms with E-state index in [2.05, 4.69) is 0 Å². The fourth-order valence-corrected chi connectivity index (χ4v) is 4.97. The standard InChI is InChI=1S/C25H25F3N2S2/c1-29(2)21-11-9-19(10-12-21)24(17-31,18-5-7-20(8-6-18)25(26,27)28)32-23-15-13-22(14-16-23)30(3)4/h5-17H,1-4H3. The molecule has 0 N–H and O–H groups in total. The van der Waals surface area contributed by atoms with Gasteiger partial charge in [-0.1, -0.05) is 36.5 Å². The summed E-state index contributed by atoms with van der Waals surface area (Å²) >= 11 is 7.04. The fraction of sp³-hybridized carbons (Fsp3) is 0.240. The molecule has 3 rings (SSSR count). The van der Waals surface area contributed by atoms with Gasteiger partial charge >= 0.3 is 6.18 Å². The molecule has 0 bridgehead atoms. The zero-order chi connectivity index (χ0) is 23.5. The fourth-order valence-electron chi connectivity index (χ4n) is 3.36. The van der Waals surface area contributed by atoms with Crippen LogP contribution in [0.2, 0.25) is 0 Å². The first-order valence-corrected chi connectivity index (χ1v) is 11.2. The molecule has 0 spiro atoms. The molecule has 0 amide bonds. The van der Waals surface area contributed by atoms with E-state index >= 15 is 0 Å². The van der Waals surface area contributed by atoms with Gasteiger partial charge in [0.1, 0.15) is 0 Å². The van der Waals surface area contributed by atoms with Crippen LogP contribution in [0, 0.1) is 0 Å². The van der Waals surface area contributed by atoms with Gasteiger partial charge in [-0.3, -0.25) is 0 Å². The van der Waals surface area contributed by atoms with Gasteiger partial charge in [-0.05, 0) is 59.7 Å². The van der Waals surface area contributed by atoms with Gasteiger partial charge in [-0.2, -0.15) is 13.2 Å². The number of hydrogen-bond donors (Lipinski definition) is 0. The van der Waals surface area contributed by atoms with Crippen LogP contribution in [0.25, 0.3) is 0 Å². The average molecular weight is 475 g/mol. The molecule has 1 atom stereocenters. The quantitative estimate of drug-likeness (QED) is 0.272. The highest BCUT2D eigenvalue weighted by Gasteiger charge is 2.36. The molecule has 0 saturated carbocycles. The van der Waals surface area contributed by atoms with Crippen molar-refractivity contribution in [3.8, 4) is 0 Å². The Morgan fingerprint density at radius 2 is 1.03 bits per heavy atom. The summed E-state index contributed by atoms with van der Waals surface area (Å²) in [6, 6.07) is 21.3. The van der Waals surface area contributed by atoms with E-state index in [1.165, 1.54) is 23.9 Å². The number of thioether (sulfide) groups is 1. The number of nitrogens with zero attached hydrogens (tertiary/aromatic N) is 2. The van der Waals surface area contributed by atoms with Crippen molar-refractivity contribution in [1.29, 1.82) is 0 Å². The molecule has 0 saturated heterocycles. The van der Waals surface area contributed by atoms with Crippen LogP contribution in [0.3, 0.4) is 0 Å². The van der Waals surface area contributed by atoms with E-state index in [9.17, 15) is 13.2 Å². The lowest BCUT2D eigenvalue weighted by molar-refractivity contribution is -0.137. The van der Waals surface area contributed by atoms with Gasteiger partial charge < -0.3 is 9.80 Å². The predicted molar refractivity (Wildman–Crippen MR) is 133 cm³/mol.